The molecule has 1 aliphatic heterocycles. The number of unbranched alkanes of at least 4 members (excludes halogenated alkanes) is 2. The fourth-order valence-electron chi connectivity index (χ4n) is 4.60. The highest BCUT2D eigenvalue weighted by Crippen LogP contribution is 2.44. The maximum Gasteiger partial charge on any atom is 0.297 e. The van der Waals surface area contributed by atoms with Crippen LogP contribution in [0.5, 0.6) is 11.5 Å². The smallest absolute Gasteiger partial charge is 0.297 e. The normalized spacial score (nSPS) is 14.8. The zero-order chi connectivity index (χ0) is 25.9. The van der Waals surface area contributed by atoms with Crippen LogP contribution >= 0.6 is 11.3 Å². The maximum atomic E-state index is 13.7. The molecule has 3 heterocycles. The Balaban J connectivity index is 1.64. The lowest BCUT2D eigenvalue weighted by Crippen LogP contribution is -2.29. The number of hydrogen-bond acceptors (Lipinski definition) is 8. The van der Waals surface area contributed by atoms with Gasteiger partial charge >= 0.3 is 0 Å². The van der Waals surface area contributed by atoms with E-state index in [2.05, 4.69) is 24.0 Å². The molecule has 192 valence electrons. The summed E-state index contributed by atoms with van der Waals surface area (Å²) in [6.45, 7) is 4.79. The van der Waals surface area contributed by atoms with Crippen molar-refractivity contribution in [3.63, 3.8) is 0 Å². The molecule has 2 aromatic heterocycles. The fraction of sp³-hybridized carbons (Fsp3) is 0.357. The number of aromatic nitrogens is 2. The van der Waals surface area contributed by atoms with E-state index in [1.54, 1.807) is 31.4 Å². The molecule has 37 heavy (non-hydrogen) atoms. The van der Waals surface area contributed by atoms with Crippen molar-refractivity contribution in [1.82, 2.24) is 10.2 Å². The number of carbonyl (C=O) groups is 1. The minimum Gasteiger partial charge on any atom is -0.493 e. The minimum atomic E-state index is -0.742. The van der Waals surface area contributed by atoms with Crippen molar-refractivity contribution >= 4 is 33.3 Å². The topological polar surface area (TPSA) is 94.8 Å². The minimum absolute atomic E-state index is 0.0276. The van der Waals surface area contributed by atoms with Gasteiger partial charge in [0, 0.05) is 6.42 Å². The summed E-state index contributed by atoms with van der Waals surface area (Å²) in [6, 6.07) is 11.7. The number of fused-ring (bicyclic) bond motifs is 2. The number of amides is 1. The van der Waals surface area contributed by atoms with Gasteiger partial charge in [0.25, 0.3) is 5.91 Å². The molecule has 9 heteroatoms. The summed E-state index contributed by atoms with van der Waals surface area (Å²) in [6.07, 6.45) is 4.81. The molecule has 4 aromatic rings. The van der Waals surface area contributed by atoms with Gasteiger partial charge in [-0.3, -0.25) is 14.5 Å². The van der Waals surface area contributed by atoms with E-state index in [4.69, 9.17) is 13.9 Å². The Bertz CT molecular complexity index is 1490. The van der Waals surface area contributed by atoms with Crippen molar-refractivity contribution in [2.75, 3.05) is 18.6 Å². The molecule has 0 bridgehead atoms. The molecule has 0 spiro atoms. The molecule has 0 N–H and O–H groups in total. The summed E-state index contributed by atoms with van der Waals surface area (Å²) in [5.41, 5.74) is 1.11. The Kier molecular flexibility index (Phi) is 7.23. The highest BCUT2D eigenvalue weighted by atomic mass is 32.1. The van der Waals surface area contributed by atoms with Gasteiger partial charge in [-0.25, -0.2) is 0 Å². The first kappa shape index (κ1) is 25.0. The Morgan fingerprint density at radius 1 is 1.03 bits per heavy atom. The number of rotatable bonds is 10. The van der Waals surface area contributed by atoms with Crippen LogP contribution in [0.25, 0.3) is 11.0 Å². The number of aryl methyl sites for hydroxylation is 1. The number of para-hydroxylation sites is 1. The van der Waals surface area contributed by atoms with Gasteiger partial charge in [0.15, 0.2) is 16.9 Å². The van der Waals surface area contributed by atoms with Gasteiger partial charge in [0.05, 0.1) is 30.7 Å². The van der Waals surface area contributed by atoms with E-state index in [9.17, 15) is 9.59 Å². The van der Waals surface area contributed by atoms with E-state index in [1.807, 2.05) is 18.2 Å². The highest BCUT2D eigenvalue weighted by molar-refractivity contribution is 7.15. The van der Waals surface area contributed by atoms with Crippen LogP contribution in [-0.4, -0.2) is 29.8 Å². The van der Waals surface area contributed by atoms with Gasteiger partial charge in [0.2, 0.25) is 10.9 Å². The summed E-state index contributed by atoms with van der Waals surface area (Å²) in [7, 11) is 1.58. The Labute approximate surface area is 218 Å². The van der Waals surface area contributed by atoms with E-state index >= 15 is 0 Å². The molecule has 0 fully saturated rings. The van der Waals surface area contributed by atoms with E-state index < -0.39 is 11.9 Å². The number of nitrogens with zero attached hydrogens (tertiary/aromatic N) is 3. The molecule has 0 aliphatic carbocycles. The van der Waals surface area contributed by atoms with Gasteiger partial charge in [-0.05, 0) is 42.7 Å². The highest BCUT2D eigenvalue weighted by Gasteiger charge is 2.45. The number of hydrogen-bond donors (Lipinski definition) is 0. The first-order valence-electron chi connectivity index (χ1n) is 12.6. The lowest BCUT2D eigenvalue weighted by Gasteiger charge is -2.23. The molecule has 8 nitrogen and oxygen atoms in total. The fourth-order valence-corrected chi connectivity index (χ4v) is 5.56. The second kappa shape index (κ2) is 10.7. The molecule has 1 aliphatic rings. The zero-order valence-corrected chi connectivity index (χ0v) is 22.0. The summed E-state index contributed by atoms with van der Waals surface area (Å²) >= 11 is 1.35. The van der Waals surface area contributed by atoms with Gasteiger partial charge in [-0.2, -0.15) is 0 Å². The molecule has 1 unspecified atom stereocenters. The van der Waals surface area contributed by atoms with Crippen LogP contribution in [0.2, 0.25) is 0 Å². The van der Waals surface area contributed by atoms with Crippen LogP contribution < -0.4 is 19.8 Å². The number of methoxy groups -OCH3 is 1. The average Bonchev–Trinajstić information content (AvgIpc) is 3.49. The second-order valence-corrected chi connectivity index (χ2v) is 9.98. The van der Waals surface area contributed by atoms with Gasteiger partial charge in [0.1, 0.15) is 10.6 Å². The number of ether oxygens (including phenoxy) is 2. The average molecular weight is 520 g/mol. The standard InChI is InChI=1S/C28H29N3O5S/c1-4-6-9-15-35-20-14-13-17(16-21(20)34-3)24-23-25(32)18-11-7-8-12-19(18)36-26(23)27(33)31(24)28-30-29-22(37-28)10-5-2/h7-8,11-14,16,24H,4-6,9-10,15H2,1-3H3. The molecular formula is C28H29N3O5S. The van der Waals surface area contributed by atoms with Gasteiger partial charge in [-0.15, -0.1) is 10.2 Å². The SMILES string of the molecule is CCCCCOc1ccc(C2c3c(oc4ccccc4c3=O)C(=O)N2c2nnc(CCC)s2)cc1OC. The summed E-state index contributed by atoms with van der Waals surface area (Å²) < 4.78 is 17.6. The van der Waals surface area contributed by atoms with E-state index in [0.717, 1.165) is 37.1 Å². The quantitative estimate of drug-likeness (QED) is 0.240. The van der Waals surface area contributed by atoms with E-state index in [0.29, 0.717) is 39.8 Å². The van der Waals surface area contributed by atoms with Gasteiger partial charge < -0.3 is 13.9 Å². The number of carbonyl (C=O) groups excluding carboxylic acids is 1. The molecular weight excluding hydrogens is 490 g/mol. The van der Waals surface area contributed by atoms with Crippen molar-refractivity contribution in [3.8, 4) is 11.5 Å². The third kappa shape index (κ3) is 4.59. The molecule has 1 amide bonds. The van der Waals surface area contributed by atoms with Crippen molar-refractivity contribution in [3.05, 3.63) is 74.6 Å². The molecule has 0 saturated heterocycles. The third-order valence-corrected chi connectivity index (χ3v) is 7.39. The van der Waals surface area contributed by atoms with E-state index in [1.165, 1.54) is 16.2 Å². The van der Waals surface area contributed by atoms with Gasteiger partial charge in [-0.1, -0.05) is 56.2 Å². The Morgan fingerprint density at radius 2 is 1.86 bits per heavy atom. The molecule has 5 rings (SSSR count). The maximum absolute atomic E-state index is 13.7. The molecule has 1 atom stereocenters. The first-order valence-corrected chi connectivity index (χ1v) is 13.4. The first-order chi connectivity index (χ1) is 18.1. The van der Waals surface area contributed by atoms with Crippen LogP contribution in [0.15, 0.2) is 51.7 Å². The second-order valence-electron chi connectivity index (χ2n) is 8.94. The summed E-state index contributed by atoms with van der Waals surface area (Å²) in [5.74, 6) is 0.759. The van der Waals surface area contributed by atoms with Crippen LogP contribution in [0.4, 0.5) is 5.13 Å². The molecule has 0 saturated carbocycles. The van der Waals surface area contributed by atoms with Crippen LogP contribution in [0.3, 0.4) is 0 Å². The Hall–Kier alpha value is -3.72. The van der Waals surface area contributed by atoms with Crippen molar-refractivity contribution < 1.29 is 18.7 Å². The zero-order valence-electron chi connectivity index (χ0n) is 21.2. The lowest BCUT2D eigenvalue weighted by atomic mass is 9.98. The number of anilines is 1. The Morgan fingerprint density at radius 3 is 2.65 bits per heavy atom. The van der Waals surface area contributed by atoms with Crippen LogP contribution in [0.1, 0.15) is 72.3 Å². The van der Waals surface area contributed by atoms with Crippen molar-refractivity contribution in [1.29, 1.82) is 0 Å². The predicted molar refractivity (Wildman–Crippen MR) is 143 cm³/mol. The molecule has 0 radical (unpaired) electrons. The van der Waals surface area contributed by atoms with Crippen LogP contribution in [0, 0.1) is 0 Å². The predicted octanol–water partition coefficient (Wildman–Crippen LogP) is 5.92. The van der Waals surface area contributed by atoms with E-state index in [-0.39, 0.29) is 16.8 Å². The largest absolute Gasteiger partial charge is 0.493 e. The molecule has 2 aromatic carbocycles. The third-order valence-electron chi connectivity index (χ3n) is 6.41. The summed E-state index contributed by atoms with van der Waals surface area (Å²) in [4.78, 5) is 29.0. The van der Waals surface area contributed by atoms with Crippen molar-refractivity contribution in [2.45, 2.75) is 52.0 Å². The summed E-state index contributed by atoms with van der Waals surface area (Å²) in [5, 5.41) is 10.3. The van der Waals surface area contributed by atoms with Crippen LogP contribution in [-0.2, 0) is 6.42 Å². The van der Waals surface area contributed by atoms with Crippen molar-refractivity contribution in [2.24, 2.45) is 0 Å². The lowest BCUT2D eigenvalue weighted by molar-refractivity contribution is 0.0970. The monoisotopic (exact) mass is 519 g/mol. The number of benzene rings is 2.